The Labute approximate surface area is 178 Å². The second kappa shape index (κ2) is 7.69. The van der Waals surface area contributed by atoms with Crippen LogP contribution < -0.4 is 9.64 Å². The molecule has 0 spiro atoms. The van der Waals surface area contributed by atoms with Crippen LogP contribution in [0.5, 0.6) is 5.75 Å². The van der Waals surface area contributed by atoms with Crippen molar-refractivity contribution in [2.75, 3.05) is 18.3 Å². The number of aromatic nitrogens is 3. The average Bonchev–Trinajstić information content (AvgIpc) is 3.09. The zero-order chi connectivity index (χ0) is 22.3. The number of hydrogen-bond acceptors (Lipinski definition) is 7. The minimum absolute atomic E-state index is 0.0538. The number of hydrogen-bond donors (Lipinski definition) is 0. The highest BCUT2D eigenvalue weighted by molar-refractivity contribution is 7.90. The fraction of sp³-hybridized carbons (Fsp3) is 0.238. The summed E-state index contributed by atoms with van der Waals surface area (Å²) in [6.07, 6.45) is 2.91. The highest BCUT2D eigenvalue weighted by atomic mass is 32.2. The molecule has 8 nitrogen and oxygen atoms in total. The second-order valence-corrected chi connectivity index (χ2v) is 8.93. The van der Waals surface area contributed by atoms with E-state index < -0.39 is 15.7 Å². The molecule has 31 heavy (non-hydrogen) atoms. The first-order chi connectivity index (χ1) is 14.7. The Kier molecular flexibility index (Phi) is 5.18. The quantitative estimate of drug-likeness (QED) is 0.560. The molecular weight excluding hydrogens is 423 g/mol. The van der Waals surface area contributed by atoms with Gasteiger partial charge in [-0.05, 0) is 24.6 Å². The molecule has 0 aliphatic carbocycles. The van der Waals surface area contributed by atoms with Crippen LogP contribution in [0.15, 0.2) is 41.7 Å². The molecule has 0 N–H and O–H groups in total. The van der Waals surface area contributed by atoms with Gasteiger partial charge in [0.25, 0.3) is 5.91 Å². The summed E-state index contributed by atoms with van der Waals surface area (Å²) in [7, 11) is -2.25. The summed E-state index contributed by atoms with van der Waals surface area (Å²) in [5.74, 6) is -0.448. The number of ether oxygens (including phenoxy) is 1. The van der Waals surface area contributed by atoms with Crippen LogP contribution in [-0.4, -0.2) is 42.6 Å². The van der Waals surface area contributed by atoms with Gasteiger partial charge in [-0.15, -0.1) is 0 Å². The number of sulfone groups is 1. The van der Waals surface area contributed by atoms with E-state index in [1.807, 2.05) is 6.92 Å². The maximum Gasteiger partial charge on any atom is 0.260 e. The second-order valence-electron chi connectivity index (χ2n) is 7.02. The van der Waals surface area contributed by atoms with Crippen molar-refractivity contribution < 1.29 is 22.3 Å². The molecule has 0 radical (unpaired) electrons. The zero-order valence-corrected chi connectivity index (χ0v) is 17.9. The Morgan fingerprint density at radius 3 is 2.68 bits per heavy atom. The Balaban J connectivity index is 1.85. The molecule has 1 aromatic carbocycles. The number of amides is 1. The van der Waals surface area contributed by atoms with Crippen LogP contribution in [0.3, 0.4) is 0 Å². The molecule has 0 unspecified atom stereocenters. The summed E-state index contributed by atoms with van der Waals surface area (Å²) < 4.78 is 44.0. The summed E-state index contributed by atoms with van der Waals surface area (Å²) >= 11 is 0. The summed E-state index contributed by atoms with van der Waals surface area (Å²) in [6, 6.07) is 7.56. The largest absolute Gasteiger partial charge is 0.496 e. The third kappa shape index (κ3) is 3.63. The SMILES string of the molecule is CCc1cc(N2Cc3c(ccnc3-c3c(F)cccc3OC)C2=O)nc(S(C)(=O)=O)n1. The van der Waals surface area contributed by atoms with Gasteiger partial charge in [-0.25, -0.2) is 22.8 Å². The fourth-order valence-corrected chi connectivity index (χ4v) is 4.02. The van der Waals surface area contributed by atoms with Crippen molar-refractivity contribution in [3.63, 3.8) is 0 Å². The molecule has 3 aromatic rings. The number of carbonyl (C=O) groups excluding carboxylic acids is 1. The minimum Gasteiger partial charge on any atom is -0.496 e. The molecule has 4 rings (SSSR count). The third-order valence-corrected chi connectivity index (χ3v) is 5.84. The maximum atomic E-state index is 14.7. The number of nitrogens with zero attached hydrogens (tertiary/aromatic N) is 4. The van der Waals surface area contributed by atoms with Crippen LogP contribution >= 0.6 is 0 Å². The molecule has 3 heterocycles. The van der Waals surface area contributed by atoms with Gasteiger partial charge in [-0.1, -0.05) is 13.0 Å². The monoisotopic (exact) mass is 442 g/mol. The molecule has 160 valence electrons. The lowest BCUT2D eigenvalue weighted by molar-refractivity contribution is 0.0995. The normalized spacial score (nSPS) is 13.4. The van der Waals surface area contributed by atoms with Crippen LogP contribution in [0.2, 0.25) is 0 Å². The van der Waals surface area contributed by atoms with Gasteiger partial charge in [-0.2, -0.15) is 0 Å². The molecule has 10 heteroatoms. The van der Waals surface area contributed by atoms with Crippen LogP contribution in [0.4, 0.5) is 10.2 Å². The number of rotatable bonds is 5. The van der Waals surface area contributed by atoms with Gasteiger partial charge in [0.15, 0.2) is 0 Å². The first-order valence-electron chi connectivity index (χ1n) is 9.45. The molecule has 0 bridgehead atoms. The van der Waals surface area contributed by atoms with Gasteiger partial charge < -0.3 is 4.74 Å². The van der Waals surface area contributed by atoms with Gasteiger partial charge in [0, 0.05) is 35.3 Å². The molecule has 1 aliphatic heterocycles. The van der Waals surface area contributed by atoms with Crippen molar-refractivity contribution in [3.05, 3.63) is 59.2 Å². The Morgan fingerprint density at radius 2 is 2.00 bits per heavy atom. The summed E-state index contributed by atoms with van der Waals surface area (Å²) in [5, 5.41) is -0.347. The van der Waals surface area contributed by atoms with Crippen molar-refractivity contribution in [2.45, 2.75) is 25.0 Å². The fourth-order valence-electron chi connectivity index (χ4n) is 3.48. The van der Waals surface area contributed by atoms with E-state index in [2.05, 4.69) is 15.0 Å². The number of halogens is 1. The number of methoxy groups -OCH3 is 1. The molecule has 1 aliphatic rings. The first kappa shape index (κ1) is 20.9. The predicted octanol–water partition coefficient (Wildman–Crippen LogP) is 2.81. The topological polar surface area (TPSA) is 102 Å². The Hall–Kier alpha value is -3.40. The molecule has 0 atom stereocenters. The molecular formula is C21H19FN4O4S. The van der Waals surface area contributed by atoms with Crippen LogP contribution in [0.25, 0.3) is 11.3 Å². The number of pyridine rings is 1. The third-order valence-electron chi connectivity index (χ3n) is 5.00. The Morgan fingerprint density at radius 1 is 1.23 bits per heavy atom. The summed E-state index contributed by atoms with van der Waals surface area (Å²) in [6.45, 7) is 1.88. The number of fused-ring (bicyclic) bond motifs is 1. The van der Waals surface area contributed by atoms with Gasteiger partial charge in [0.05, 0.1) is 24.9 Å². The molecule has 2 aromatic heterocycles. The minimum atomic E-state index is -3.68. The number of anilines is 1. The van der Waals surface area contributed by atoms with E-state index in [4.69, 9.17) is 4.74 Å². The van der Waals surface area contributed by atoms with Crippen molar-refractivity contribution in [1.29, 1.82) is 0 Å². The number of benzene rings is 1. The summed E-state index contributed by atoms with van der Waals surface area (Å²) in [5.41, 5.74) is 1.78. The van der Waals surface area contributed by atoms with Crippen LogP contribution in [0.1, 0.15) is 28.5 Å². The lowest BCUT2D eigenvalue weighted by atomic mass is 10.0. The molecule has 0 saturated heterocycles. The van der Waals surface area contributed by atoms with Crippen molar-refractivity contribution in [1.82, 2.24) is 15.0 Å². The molecule has 1 amide bonds. The van der Waals surface area contributed by atoms with Gasteiger partial charge in [0.1, 0.15) is 17.4 Å². The van der Waals surface area contributed by atoms with E-state index in [0.29, 0.717) is 29.0 Å². The number of aryl methyl sites for hydroxylation is 1. The lowest BCUT2D eigenvalue weighted by Crippen LogP contribution is -2.25. The van der Waals surface area contributed by atoms with Gasteiger partial charge in [0.2, 0.25) is 15.0 Å². The zero-order valence-electron chi connectivity index (χ0n) is 17.1. The van der Waals surface area contributed by atoms with Crippen LogP contribution in [0, 0.1) is 5.82 Å². The highest BCUT2D eigenvalue weighted by Gasteiger charge is 2.34. The predicted molar refractivity (Wildman–Crippen MR) is 111 cm³/mol. The van der Waals surface area contributed by atoms with Crippen LogP contribution in [-0.2, 0) is 22.8 Å². The number of carbonyl (C=O) groups is 1. The lowest BCUT2D eigenvalue weighted by Gasteiger charge is -2.16. The van der Waals surface area contributed by atoms with E-state index in [-0.39, 0.29) is 34.7 Å². The summed E-state index contributed by atoms with van der Waals surface area (Å²) in [4.78, 5) is 27.0. The standard InChI is InChI=1S/C21H19FN4O4S/c1-4-12-10-17(25-21(24-12)31(3,28)29)26-11-14-13(20(26)27)8-9-23-19(14)18-15(22)6-5-7-16(18)30-2/h5-10H,4,11H2,1-3H3. The van der Waals surface area contributed by atoms with E-state index in [9.17, 15) is 17.6 Å². The van der Waals surface area contributed by atoms with E-state index >= 15 is 0 Å². The van der Waals surface area contributed by atoms with Crippen molar-refractivity contribution in [3.8, 4) is 17.0 Å². The van der Waals surface area contributed by atoms with E-state index in [0.717, 1.165) is 6.26 Å². The molecule has 0 fully saturated rings. The smallest absolute Gasteiger partial charge is 0.260 e. The highest BCUT2D eigenvalue weighted by Crippen LogP contribution is 2.38. The Bertz CT molecular complexity index is 1310. The van der Waals surface area contributed by atoms with E-state index in [1.165, 1.54) is 30.3 Å². The maximum absolute atomic E-state index is 14.7. The molecule has 0 saturated carbocycles. The first-order valence-corrected chi connectivity index (χ1v) is 11.3. The average molecular weight is 442 g/mol. The van der Waals surface area contributed by atoms with Gasteiger partial charge >= 0.3 is 0 Å². The van der Waals surface area contributed by atoms with Crippen molar-refractivity contribution >= 4 is 21.6 Å². The van der Waals surface area contributed by atoms with Gasteiger partial charge in [-0.3, -0.25) is 14.7 Å². The van der Waals surface area contributed by atoms with E-state index in [1.54, 1.807) is 18.2 Å². The van der Waals surface area contributed by atoms with Crippen molar-refractivity contribution in [2.24, 2.45) is 0 Å².